The Morgan fingerprint density at radius 1 is 0.918 bits per heavy atom. The van der Waals surface area contributed by atoms with E-state index in [1.807, 2.05) is 27.8 Å². The van der Waals surface area contributed by atoms with Crippen LogP contribution in [-0.4, -0.2) is 93.8 Å². The minimum absolute atomic E-state index is 0.0866. The van der Waals surface area contributed by atoms with Gasteiger partial charge in [-0.1, -0.05) is 111 Å². The molecule has 0 aromatic rings. The molecule has 0 bridgehead atoms. The predicted octanol–water partition coefficient (Wildman–Crippen LogP) is 6.38. The number of hydrogen-bond donors (Lipinski definition) is 4. The fraction of sp³-hybridized carbons (Fsp3) is 0.744. The van der Waals surface area contributed by atoms with Crippen LogP contribution in [0.5, 0.6) is 0 Å². The van der Waals surface area contributed by atoms with E-state index in [0.29, 0.717) is 6.42 Å². The monoisotopic (exact) mass is 695 g/mol. The molecule has 1 aliphatic carbocycles. The molecule has 1 fully saturated rings. The molecule has 49 heavy (non-hydrogen) atoms. The molecule has 4 amide bonds. The Bertz CT molecular complexity index is 967. The van der Waals surface area contributed by atoms with E-state index in [1.165, 1.54) is 72.5 Å². The summed E-state index contributed by atoms with van der Waals surface area (Å²) < 4.78 is 0. The number of carbonyl (C=O) groups excluding carboxylic acids is 4. The summed E-state index contributed by atoms with van der Waals surface area (Å²) in [6.45, 7) is 25.8. The van der Waals surface area contributed by atoms with Crippen LogP contribution in [0.1, 0.15) is 127 Å². The van der Waals surface area contributed by atoms with Gasteiger partial charge in [0.05, 0.1) is 19.6 Å². The second kappa shape index (κ2) is 34.9. The number of nitrogens with two attached hydrogens (primary N) is 1. The predicted molar refractivity (Wildman–Crippen MR) is 210 cm³/mol. The third kappa shape index (κ3) is 33.3. The summed E-state index contributed by atoms with van der Waals surface area (Å²) in [6, 6.07) is -0.667. The molecule has 0 aromatic carbocycles. The molecule has 0 spiro atoms. The van der Waals surface area contributed by atoms with Crippen molar-refractivity contribution >= 4 is 23.6 Å². The molecule has 1 unspecified atom stereocenters. The molecule has 0 aliphatic heterocycles. The van der Waals surface area contributed by atoms with Gasteiger partial charge in [-0.25, -0.2) is 0 Å². The summed E-state index contributed by atoms with van der Waals surface area (Å²) in [4.78, 5) is 50.0. The molecule has 0 radical (unpaired) electrons. The van der Waals surface area contributed by atoms with Crippen molar-refractivity contribution in [1.82, 2.24) is 25.8 Å². The average molecular weight is 695 g/mol. The summed E-state index contributed by atoms with van der Waals surface area (Å²) in [6.07, 6.45) is 12.1. The van der Waals surface area contributed by atoms with Gasteiger partial charge in [0, 0.05) is 21.1 Å². The summed E-state index contributed by atoms with van der Waals surface area (Å²) in [5.41, 5.74) is 10.7. The van der Waals surface area contributed by atoms with Gasteiger partial charge < -0.3 is 31.5 Å². The first-order valence-electron chi connectivity index (χ1n) is 18.4. The standard InChI is InChI=1S/C16H31N5O4.C14H25N.C4H10.C3H6.C2H6/c1-5-6-7-8-12(21(4)14(23)9-17)16(25)19-10-15(24)20(3)11-13(22)18-2;1-7-11(2)10-13(4)14(5)12(3)8-9-15-6;1-4(2)3;1-2-3-1;1-2/h12H,5-11,17H2,1-4H3,(H,18,22)(H,19,25);10,15H,3,7-9H2,1-2,4-6H3;4H,1-3H3;1-3H2;1-2H3/b;11-10+,14-13+;;;. The second-order valence-electron chi connectivity index (χ2n) is 12.8. The highest BCUT2D eigenvalue weighted by Gasteiger charge is 2.26. The lowest BCUT2D eigenvalue weighted by Gasteiger charge is -2.27. The minimum atomic E-state index is -0.667. The van der Waals surface area contributed by atoms with Gasteiger partial charge >= 0.3 is 0 Å². The van der Waals surface area contributed by atoms with Gasteiger partial charge in [-0.2, -0.15) is 0 Å². The summed E-state index contributed by atoms with van der Waals surface area (Å²) >= 11 is 0. The Hall–Kier alpha value is -2.98. The van der Waals surface area contributed by atoms with E-state index in [-0.39, 0.29) is 31.4 Å². The van der Waals surface area contributed by atoms with E-state index in [1.54, 1.807) is 0 Å². The number of carbonyl (C=O) groups is 4. The Morgan fingerprint density at radius 2 is 1.45 bits per heavy atom. The number of nitrogens with zero attached hydrogens (tertiary/aromatic N) is 2. The van der Waals surface area contributed by atoms with Crippen molar-refractivity contribution in [2.24, 2.45) is 11.7 Å². The van der Waals surface area contributed by atoms with E-state index in [0.717, 1.165) is 44.6 Å². The number of unbranched alkanes of at least 4 members (excludes halogenated alkanes) is 2. The van der Waals surface area contributed by atoms with Crippen molar-refractivity contribution in [2.75, 3.05) is 54.4 Å². The van der Waals surface area contributed by atoms with Gasteiger partial charge in [0.1, 0.15) is 6.04 Å². The number of allylic oxidation sites excluding steroid dienone is 4. The van der Waals surface area contributed by atoms with E-state index < -0.39 is 17.9 Å². The molecule has 10 heteroatoms. The highest BCUT2D eigenvalue weighted by Crippen LogP contribution is 2.18. The second-order valence-corrected chi connectivity index (χ2v) is 12.8. The first kappa shape index (κ1) is 52.8. The third-order valence-corrected chi connectivity index (χ3v) is 7.09. The van der Waals surface area contributed by atoms with Crippen LogP contribution < -0.4 is 21.7 Å². The van der Waals surface area contributed by atoms with Gasteiger partial charge in [0.15, 0.2) is 0 Å². The Balaban J connectivity index is -0.000000352. The van der Waals surface area contributed by atoms with Gasteiger partial charge in [-0.15, -0.1) is 0 Å². The molecule has 10 nitrogen and oxygen atoms in total. The maximum atomic E-state index is 12.4. The van der Waals surface area contributed by atoms with Crippen LogP contribution >= 0.6 is 0 Å². The number of hydrogen-bond acceptors (Lipinski definition) is 6. The van der Waals surface area contributed by atoms with E-state index in [4.69, 9.17) is 5.73 Å². The van der Waals surface area contributed by atoms with Crippen LogP contribution in [0.25, 0.3) is 0 Å². The lowest BCUT2D eigenvalue weighted by molar-refractivity contribution is -0.139. The number of amides is 4. The van der Waals surface area contributed by atoms with Crippen molar-refractivity contribution in [1.29, 1.82) is 0 Å². The quantitative estimate of drug-likeness (QED) is 0.103. The summed E-state index contributed by atoms with van der Waals surface area (Å²) in [7, 11) is 6.46. The fourth-order valence-corrected chi connectivity index (χ4v) is 3.53. The number of likely N-dealkylation sites (N-methyl/N-ethyl adjacent to an activating group) is 3. The highest BCUT2D eigenvalue weighted by atomic mass is 16.2. The fourth-order valence-electron chi connectivity index (χ4n) is 3.53. The van der Waals surface area contributed by atoms with Crippen molar-refractivity contribution in [2.45, 2.75) is 133 Å². The molecule has 0 saturated heterocycles. The topological polar surface area (TPSA) is 137 Å². The van der Waals surface area contributed by atoms with Gasteiger partial charge in [0.2, 0.25) is 23.6 Å². The van der Waals surface area contributed by atoms with Crippen molar-refractivity contribution in [3.8, 4) is 0 Å². The lowest BCUT2D eigenvalue weighted by atomic mass is 9.99. The van der Waals surface area contributed by atoms with Crippen LogP contribution in [0.2, 0.25) is 0 Å². The molecule has 288 valence electrons. The zero-order valence-electron chi connectivity index (χ0n) is 34.2. The van der Waals surface area contributed by atoms with Gasteiger partial charge in [-0.3, -0.25) is 19.2 Å². The summed E-state index contributed by atoms with van der Waals surface area (Å²) in [5.74, 6) is -0.591. The zero-order valence-corrected chi connectivity index (χ0v) is 34.2. The molecule has 0 aromatic heterocycles. The van der Waals surface area contributed by atoms with E-state index in [9.17, 15) is 19.2 Å². The average Bonchev–Trinajstić information content (AvgIpc) is 3.97. The van der Waals surface area contributed by atoms with Crippen LogP contribution in [-0.2, 0) is 19.2 Å². The summed E-state index contributed by atoms with van der Waals surface area (Å²) in [5, 5.41) is 8.11. The van der Waals surface area contributed by atoms with E-state index >= 15 is 0 Å². The van der Waals surface area contributed by atoms with Crippen molar-refractivity contribution in [3.05, 3.63) is 34.9 Å². The first-order chi connectivity index (χ1) is 23.0. The molecule has 1 aliphatic rings. The van der Waals surface area contributed by atoms with Crippen LogP contribution in [0.15, 0.2) is 34.9 Å². The largest absolute Gasteiger partial charge is 0.358 e. The minimum Gasteiger partial charge on any atom is -0.358 e. The lowest BCUT2D eigenvalue weighted by Crippen LogP contribution is -2.51. The number of rotatable bonds is 17. The van der Waals surface area contributed by atoms with Crippen LogP contribution in [0.4, 0.5) is 0 Å². The SMILES string of the molecule is C1CC1.C=C(CCNC)/C(C)=C(C)/C=C(\C)CC.CC.CC(C)C.CCCCCC(C(=O)NCC(=O)N(C)CC(=O)NC)N(C)C(=O)CN. The molecular formula is C39H78N6O4. The number of nitrogens with one attached hydrogen (secondary N) is 3. The van der Waals surface area contributed by atoms with Crippen LogP contribution in [0, 0.1) is 5.92 Å². The zero-order chi connectivity index (χ0) is 38.9. The first-order valence-corrected chi connectivity index (χ1v) is 18.4. The van der Waals surface area contributed by atoms with Crippen molar-refractivity contribution < 1.29 is 19.2 Å². The molecule has 1 rings (SSSR count). The third-order valence-electron chi connectivity index (χ3n) is 7.09. The molecule has 1 atom stereocenters. The van der Waals surface area contributed by atoms with Gasteiger partial charge in [-0.05, 0) is 70.7 Å². The molecular weight excluding hydrogens is 616 g/mol. The Morgan fingerprint density at radius 3 is 1.86 bits per heavy atom. The molecule has 5 N–H and O–H groups in total. The maximum absolute atomic E-state index is 12.4. The van der Waals surface area contributed by atoms with E-state index in [2.05, 4.69) is 77.1 Å². The smallest absolute Gasteiger partial charge is 0.243 e. The normalized spacial score (nSPS) is 12.4. The molecule has 0 heterocycles. The molecule has 1 saturated carbocycles. The Kier molecular flexibility index (Phi) is 37.6. The Labute approximate surface area is 302 Å². The van der Waals surface area contributed by atoms with Crippen LogP contribution in [0.3, 0.4) is 0 Å². The van der Waals surface area contributed by atoms with Gasteiger partial charge in [0.25, 0.3) is 0 Å². The maximum Gasteiger partial charge on any atom is 0.243 e. The van der Waals surface area contributed by atoms with Crippen molar-refractivity contribution in [3.63, 3.8) is 0 Å². The highest BCUT2D eigenvalue weighted by molar-refractivity contribution is 5.91.